The topological polar surface area (TPSA) is 121 Å². The zero-order valence-electron chi connectivity index (χ0n) is 21.5. The van der Waals surface area contributed by atoms with Gasteiger partial charge >= 0.3 is 0 Å². The molecule has 0 heterocycles. The van der Waals surface area contributed by atoms with Crippen LogP contribution in [0.25, 0.3) is 0 Å². The summed E-state index contributed by atoms with van der Waals surface area (Å²) >= 11 is 0. The number of para-hydroxylation sites is 1. The van der Waals surface area contributed by atoms with Crippen molar-refractivity contribution in [3.05, 3.63) is 117 Å². The van der Waals surface area contributed by atoms with Gasteiger partial charge in [0.05, 0.1) is 4.90 Å². The highest BCUT2D eigenvalue weighted by molar-refractivity contribution is 7.89. The number of nitrogens with two attached hydrogens (primary N) is 1. The van der Waals surface area contributed by atoms with Gasteiger partial charge in [-0.15, -0.1) is 0 Å². The molecule has 4 aromatic rings. The van der Waals surface area contributed by atoms with Gasteiger partial charge in [0.15, 0.2) is 0 Å². The molecule has 0 amide bonds. The van der Waals surface area contributed by atoms with Crippen LogP contribution in [0, 0.1) is 27.7 Å². The molecule has 4 aromatic carbocycles. The molecule has 194 valence electrons. The van der Waals surface area contributed by atoms with E-state index in [1.807, 2.05) is 52.0 Å². The number of sulfonamides is 1. The lowest BCUT2D eigenvalue weighted by Gasteiger charge is -2.14. The smallest absolute Gasteiger partial charge is 0.238 e. The monoisotopic (exact) mass is 519 g/mol. The summed E-state index contributed by atoms with van der Waals surface area (Å²) in [7, 11) is -3.86. The molecule has 0 saturated carbocycles. The normalized spacial score (nSPS) is 11.1. The standard InChI is InChI=1S/C24H27NO4S.C6H6O/c1-14-7-23(26)16(3)5-20(14)10-18-9-19(13-22(12-18)30(25,28)29)11-21-6-17(4)24(27)8-15(21)2;7-6-4-2-1-3-5-6/h5-9,12-13,26-27H,10-11H2,1-4H3,(H2,25,28,29);1-5,7H. The Bertz CT molecular complexity index is 1440. The molecule has 0 aromatic heterocycles. The summed E-state index contributed by atoms with van der Waals surface area (Å²) in [4.78, 5) is 0.0799. The van der Waals surface area contributed by atoms with Crippen molar-refractivity contribution in [3.8, 4) is 17.2 Å². The first-order chi connectivity index (χ1) is 17.3. The lowest BCUT2D eigenvalue weighted by Crippen LogP contribution is -2.13. The van der Waals surface area contributed by atoms with Crippen molar-refractivity contribution in [2.45, 2.75) is 45.4 Å². The Morgan fingerprint density at radius 1 is 0.622 bits per heavy atom. The SMILES string of the molecule is Cc1cc(Cc2cc(Cc3cc(C)c(O)cc3C)cc(S(N)(=O)=O)c2)c(C)cc1O.Oc1ccccc1. The number of phenols is 3. The van der Waals surface area contributed by atoms with E-state index in [-0.39, 0.29) is 16.4 Å². The zero-order valence-corrected chi connectivity index (χ0v) is 22.3. The van der Waals surface area contributed by atoms with Gasteiger partial charge in [-0.25, -0.2) is 13.6 Å². The van der Waals surface area contributed by atoms with Crippen LogP contribution in [0.15, 0.2) is 77.7 Å². The maximum absolute atomic E-state index is 12.1. The minimum absolute atomic E-state index is 0.0799. The molecule has 0 spiro atoms. The molecule has 0 fully saturated rings. The molecular weight excluding hydrogens is 486 g/mol. The fourth-order valence-electron chi connectivity index (χ4n) is 4.07. The van der Waals surface area contributed by atoms with Crippen LogP contribution in [0.4, 0.5) is 0 Å². The summed E-state index contributed by atoms with van der Waals surface area (Å²) in [5.41, 5.74) is 7.10. The number of hydrogen-bond donors (Lipinski definition) is 4. The average molecular weight is 520 g/mol. The van der Waals surface area contributed by atoms with Crippen LogP contribution in [-0.2, 0) is 22.9 Å². The predicted molar refractivity (Wildman–Crippen MR) is 147 cm³/mol. The van der Waals surface area contributed by atoms with Gasteiger partial charge in [0.1, 0.15) is 17.2 Å². The summed E-state index contributed by atoms with van der Waals surface area (Å²) in [6.45, 7) is 7.50. The second-order valence-corrected chi connectivity index (χ2v) is 10.9. The Morgan fingerprint density at radius 2 is 1.05 bits per heavy atom. The van der Waals surface area contributed by atoms with Crippen LogP contribution < -0.4 is 5.14 Å². The Morgan fingerprint density at radius 3 is 1.41 bits per heavy atom. The van der Waals surface area contributed by atoms with E-state index in [4.69, 9.17) is 10.2 Å². The molecule has 7 heteroatoms. The third-order valence-electron chi connectivity index (χ3n) is 6.21. The average Bonchev–Trinajstić information content (AvgIpc) is 2.81. The largest absolute Gasteiger partial charge is 0.508 e. The Labute approximate surface area is 218 Å². The number of aryl methyl sites for hydroxylation is 4. The van der Waals surface area contributed by atoms with E-state index in [0.717, 1.165) is 44.5 Å². The third kappa shape index (κ3) is 7.59. The predicted octanol–water partition coefficient (Wildman–Crippen LogP) is 5.55. The molecule has 4 rings (SSSR count). The second kappa shape index (κ2) is 11.5. The van der Waals surface area contributed by atoms with Gasteiger partial charge in [-0.3, -0.25) is 0 Å². The second-order valence-electron chi connectivity index (χ2n) is 9.35. The minimum atomic E-state index is -3.86. The number of phenolic OH excluding ortho intramolecular Hbond substituents is 3. The van der Waals surface area contributed by atoms with E-state index in [0.29, 0.717) is 18.6 Å². The van der Waals surface area contributed by atoms with Crippen LogP contribution in [0.5, 0.6) is 17.2 Å². The highest BCUT2D eigenvalue weighted by atomic mass is 32.2. The van der Waals surface area contributed by atoms with Crippen molar-refractivity contribution < 1.29 is 23.7 Å². The summed E-state index contributed by atoms with van der Waals surface area (Å²) < 4.78 is 24.2. The number of primary sulfonamides is 1. The van der Waals surface area contributed by atoms with E-state index in [1.54, 1.807) is 48.5 Å². The zero-order chi connectivity index (χ0) is 27.3. The van der Waals surface area contributed by atoms with Gasteiger partial charge in [-0.2, -0.15) is 0 Å². The van der Waals surface area contributed by atoms with Gasteiger partial charge < -0.3 is 15.3 Å². The molecule has 0 bridgehead atoms. The highest BCUT2D eigenvalue weighted by Crippen LogP contribution is 2.27. The number of benzene rings is 4. The van der Waals surface area contributed by atoms with Gasteiger partial charge in [0.2, 0.25) is 10.0 Å². The van der Waals surface area contributed by atoms with Crippen LogP contribution in [-0.4, -0.2) is 23.7 Å². The molecular formula is C30H33NO5S. The van der Waals surface area contributed by atoms with Crippen molar-refractivity contribution in [2.75, 3.05) is 0 Å². The Balaban J connectivity index is 0.000000468. The number of rotatable bonds is 5. The molecule has 0 radical (unpaired) electrons. The quantitative estimate of drug-likeness (QED) is 0.275. The van der Waals surface area contributed by atoms with E-state index >= 15 is 0 Å². The first kappa shape index (κ1) is 27.8. The first-order valence-electron chi connectivity index (χ1n) is 11.8. The molecule has 0 aliphatic rings. The maximum Gasteiger partial charge on any atom is 0.238 e. The summed E-state index contributed by atoms with van der Waals surface area (Å²) in [6, 6.07) is 21.2. The van der Waals surface area contributed by atoms with Gasteiger partial charge in [0, 0.05) is 0 Å². The summed E-state index contributed by atoms with van der Waals surface area (Å²) in [6.07, 6.45) is 1.05. The molecule has 37 heavy (non-hydrogen) atoms. The van der Waals surface area contributed by atoms with Crippen LogP contribution in [0.3, 0.4) is 0 Å². The first-order valence-corrected chi connectivity index (χ1v) is 13.4. The van der Waals surface area contributed by atoms with E-state index in [2.05, 4.69) is 0 Å². The molecule has 0 aliphatic carbocycles. The third-order valence-corrected chi connectivity index (χ3v) is 7.10. The Hall–Kier alpha value is -3.81. The maximum atomic E-state index is 12.1. The van der Waals surface area contributed by atoms with Gasteiger partial charge in [-0.1, -0.05) is 36.4 Å². The van der Waals surface area contributed by atoms with Crippen molar-refractivity contribution >= 4 is 10.0 Å². The lowest BCUT2D eigenvalue weighted by molar-refractivity contribution is 0.470. The summed E-state index contributed by atoms with van der Waals surface area (Å²) in [5, 5.41) is 33.9. The molecule has 0 saturated heterocycles. The van der Waals surface area contributed by atoms with Crippen molar-refractivity contribution in [3.63, 3.8) is 0 Å². The van der Waals surface area contributed by atoms with Crippen molar-refractivity contribution in [1.82, 2.24) is 0 Å². The number of aromatic hydroxyl groups is 3. The molecule has 6 nitrogen and oxygen atoms in total. The van der Waals surface area contributed by atoms with E-state index in [9.17, 15) is 18.6 Å². The lowest BCUT2D eigenvalue weighted by atomic mass is 9.94. The fraction of sp³-hybridized carbons (Fsp3) is 0.200. The van der Waals surface area contributed by atoms with Gasteiger partial charge in [-0.05, 0) is 121 Å². The molecule has 0 atom stereocenters. The van der Waals surface area contributed by atoms with Crippen LogP contribution in [0.1, 0.15) is 44.5 Å². The van der Waals surface area contributed by atoms with E-state index < -0.39 is 10.0 Å². The molecule has 0 unspecified atom stereocenters. The molecule has 5 N–H and O–H groups in total. The van der Waals surface area contributed by atoms with Crippen molar-refractivity contribution in [2.24, 2.45) is 5.14 Å². The highest BCUT2D eigenvalue weighted by Gasteiger charge is 2.14. The molecule has 0 aliphatic heterocycles. The fourth-order valence-corrected chi connectivity index (χ4v) is 4.70. The summed E-state index contributed by atoms with van der Waals surface area (Å²) in [5.74, 6) is 0.810. The number of hydrogen-bond acceptors (Lipinski definition) is 5. The Kier molecular flexibility index (Phi) is 8.63. The van der Waals surface area contributed by atoms with Crippen LogP contribution >= 0.6 is 0 Å². The van der Waals surface area contributed by atoms with E-state index in [1.165, 1.54) is 0 Å². The van der Waals surface area contributed by atoms with Crippen LogP contribution in [0.2, 0.25) is 0 Å². The minimum Gasteiger partial charge on any atom is -0.508 e. The van der Waals surface area contributed by atoms with Gasteiger partial charge in [0.25, 0.3) is 0 Å². The van der Waals surface area contributed by atoms with Crippen molar-refractivity contribution in [1.29, 1.82) is 0 Å².